The fourth-order valence-electron chi connectivity index (χ4n) is 2.98. The van der Waals surface area contributed by atoms with E-state index in [9.17, 15) is 8.78 Å². The fourth-order valence-corrected chi connectivity index (χ4v) is 2.98. The van der Waals surface area contributed by atoms with Crippen LogP contribution in [0.2, 0.25) is 0 Å². The quantitative estimate of drug-likeness (QED) is 0.460. The van der Waals surface area contributed by atoms with E-state index in [1.165, 1.54) is 12.1 Å². The first kappa shape index (κ1) is 17.9. The smallest absolute Gasteiger partial charge is 0.229 e. The molecule has 0 saturated carbocycles. The van der Waals surface area contributed by atoms with Crippen molar-refractivity contribution in [1.29, 1.82) is 0 Å². The molecule has 140 valence electrons. The summed E-state index contributed by atoms with van der Waals surface area (Å²) in [5.41, 5.74) is 1.94. The van der Waals surface area contributed by atoms with Crippen LogP contribution in [-0.2, 0) is 0 Å². The number of nitrogens with zero attached hydrogens (tertiary/aromatic N) is 2. The summed E-state index contributed by atoms with van der Waals surface area (Å²) in [6, 6.07) is 20.9. The van der Waals surface area contributed by atoms with Crippen LogP contribution in [0.25, 0.3) is 10.9 Å². The molecule has 3 aromatic carbocycles. The number of anilines is 3. The van der Waals surface area contributed by atoms with Crippen molar-refractivity contribution in [3.63, 3.8) is 0 Å². The third-order valence-corrected chi connectivity index (χ3v) is 4.43. The summed E-state index contributed by atoms with van der Waals surface area (Å²) in [5, 5.41) is 7.10. The molecule has 0 radical (unpaired) electrons. The average Bonchev–Trinajstić information content (AvgIpc) is 2.71. The Morgan fingerprint density at radius 1 is 0.857 bits per heavy atom. The van der Waals surface area contributed by atoms with Crippen molar-refractivity contribution in [2.75, 3.05) is 10.6 Å². The molecule has 1 aromatic heterocycles. The van der Waals surface area contributed by atoms with Crippen LogP contribution in [0.1, 0.15) is 18.5 Å². The SMILES string of the molecule is CC(Nc1nc(Nc2ccc(F)cc2F)nc2ccccc12)c1ccccc1. The van der Waals surface area contributed by atoms with E-state index in [2.05, 4.69) is 20.6 Å². The molecule has 0 aliphatic carbocycles. The van der Waals surface area contributed by atoms with Gasteiger partial charge < -0.3 is 10.6 Å². The van der Waals surface area contributed by atoms with Gasteiger partial charge in [0.2, 0.25) is 5.95 Å². The monoisotopic (exact) mass is 376 g/mol. The minimum atomic E-state index is -0.705. The summed E-state index contributed by atoms with van der Waals surface area (Å²) in [4.78, 5) is 8.98. The molecule has 0 amide bonds. The van der Waals surface area contributed by atoms with Crippen molar-refractivity contribution in [3.05, 3.63) is 90.0 Å². The van der Waals surface area contributed by atoms with Crippen molar-refractivity contribution >= 4 is 28.4 Å². The maximum Gasteiger partial charge on any atom is 0.229 e. The molecule has 0 fully saturated rings. The van der Waals surface area contributed by atoms with Gasteiger partial charge in [-0.25, -0.2) is 13.8 Å². The molecule has 0 saturated heterocycles. The van der Waals surface area contributed by atoms with Crippen LogP contribution >= 0.6 is 0 Å². The van der Waals surface area contributed by atoms with Crippen molar-refractivity contribution in [1.82, 2.24) is 9.97 Å². The minimum absolute atomic E-state index is 0.00918. The number of benzene rings is 3. The summed E-state index contributed by atoms with van der Waals surface area (Å²) < 4.78 is 27.2. The van der Waals surface area contributed by atoms with Gasteiger partial charge in [0, 0.05) is 17.5 Å². The van der Waals surface area contributed by atoms with E-state index in [1.807, 2.05) is 61.5 Å². The lowest BCUT2D eigenvalue weighted by molar-refractivity contribution is 0.586. The second-order valence-corrected chi connectivity index (χ2v) is 6.44. The first-order valence-corrected chi connectivity index (χ1v) is 8.90. The number of hydrogen-bond acceptors (Lipinski definition) is 4. The predicted molar refractivity (Wildman–Crippen MR) is 108 cm³/mol. The Hall–Kier alpha value is -3.54. The molecular formula is C22H18F2N4. The van der Waals surface area contributed by atoms with Crippen LogP contribution in [0.15, 0.2) is 72.8 Å². The van der Waals surface area contributed by atoms with Crippen LogP contribution in [0.5, 0.6) is 0 Å². The minimum Gasteiger partial charge on any atom is -0.363 e. The Morgan fingerprint density at radius 2 is 1.61 bits per heavy atom. The maximum atomic E-state index is 14.0. The van der Waals surface area contributed by atoms with Crippen LogP contribution in [0.3, 0.4) is 0 Å². The van der Waals surface area contributed by atoms with Crippen LogP contribution in [0, 0.1) is 11.6 Å². The maximum absolute atomic E-state index is 14.0. The van der Waals surface area contributed by atoms with E-state index in [1.54, 1.807) is 0 Å². The zero-order valence-electron chi connectivity index (χ0n) is 15.2. The van der Waals surface area contributed by atoms with Gasteiger partial charge in [-0.1, -0.05) is 42.5 Å². The van der Waals surface area contributed by atoms with Gasteiger partial charge in [-0.2, -0.15) is 4.98 Å². The first-order chi connectivity index (χ1) is 13.6. The summed E-state index contributed by atoms with van der Waals surface area (Å²) >= 11 is 0. The summed E-state index contributed by atoms with van der Waals surface area (Å²) in [5.74, 6) is -0.482. The second-order valence-electron chi connectivity index (χ2n) is 6.44. The number of para-hydroxylation sites is 1. The Labute approximate surface area is 161 Å². The molecule has 1 unspecified atom stereocenters. The van der Waals surface area contributed by atoms with Crippen molar-refractivity contribution < 1.29 is 8.78 Å². The zero-order chi connectivity index (χ0) is 19.5. The molecule has 28 heavy (non-hydrogen) atoms. The molecule has 2 N–H and O–H groups in total. The molecule has 0 aliphatic rings. The topological polar surface area (TPSA) is 49.8 Å². The van der Waals surface area contributed by atoms with Crippen LogP contribution in [-0.4, -0.2) is 9.97 Å². The number of fused-ring (bicyclic) bond motifs is 1. The average molecular weight is 376 g/mol. The largest absolute Gasteiger partial charge is 0.363 e. The van der Waals surface area contributed by atoms with Gasteiger partial charge in [-0.15, -0.1) is 0 Å². The van der Waals surface area contributed by atoms with Gasteiger partial charge >= 0.3 is 0 Å². The Kier molecular flexibility index (Phi) is 4.85. The number of rotatable bonds is 5. The van der Waals surface area contributed by atoms with Gasteiger partial charge in [-0.3, -0.25) is 0 Å². The van der Waals surface area contributed by atoms with Crippen molar-refractivity contribution in [2.24, 2.45) is 0 Å². The lowest BCUT2D eigenvalue weighted by atomic mass is 10.1. The number of aromatic nitrogens is 2. The van der Waals surface area contributed by atoms with Crippen molar-refractivity contribution in [3.8, 4) is 0 Å². The molecule has 4 nitrogen and oxygen atoms in total. The Balaban J connectivity index is 1.71. The molecule has 1 heterocycles. The fraction of sp³-hybridized carbons (Fsp3) is 0.0909. The summed E-state index contributed by atoms with van der Waals surface area (Å²) in [7, 11) is 0. The molecule has 6 heteroatoms. The van der Waals surface area contributed by atoms with E-state index in [-0.39, 0.29) is 17.7 Å². The Morgan fingerprint density at radius 3 is 2.39 bits per heavy atom. The van der Waals surface area contributed by atoms with Crippen LogP contribution in [0.4, 0.5) is 26.2 Å². The van der Waals surface area contributed by atoms with E-state index in [0.717, 1.165) is 17.0 Å². The standard InChI is InChI=1S/C22H18F2N4/c1-14(15-7-3-2-4-8-15)25-21-17-9-5-6-10-19(17)26-22(28-21)27-20-12-11-16(23)13-18(20)24/h2-14H,1H3,(H2,25,26,27,28). The van der Waals surface area contributed by atoms with Gasteiger partial charge in [-0.05, 0) is 36.8 Å². The first-order valence-electron chi connectivity index (χ1n) is 8.90. The number of nitrogens with one attached hydrogen (secondary N) is 2. The van der Waals surface area contributed by atoms with E-state index < -0.39 is 11.6 Å². The third kappa shape index (κ3) is 3.76. The lowest BCUT2D eigenvalue weighted by Crippen LogP contribution is -2.10. The highest BCUT2D eigenvalue weighted by atomic mass is 19.1. The zero-order valence-corrected chi connectivity index (χ0v) is 15.2. The normalized spacial score (nSPS) is 12.0. The molecule has 1 atom stereocenters. The number of hydrogen-bond donors (Lipinski definition) is 2. The molecule has 4 rings (SSSR count). The van der Waals surface area contributed by atoms with Gasteiger partial charge in [0.15, 0.2) is 0 Å². The molecule has 4 aromatic rings. The summed E-state index contributed by atoms with van der Waals surface area (Å²) in [6.45, 7) is 2.04. The molecule has 0 aliphatic heterocycles. The van der Waals surface area contributed by atoms with Gasteiger partial charge in [0.05, 0.1) is 11.2 Å². The highest BCUT2D eigenvalue weighted by molar-refractivity contribution is 5.90. The highest BCUT2D eigenvalue weighted by Gasteiger charge is 2.13. The predicted octanol–water partition coefficient (Wildman–Crippen LogP) is 5.82. The second kappa shape index (κ2) is 7.60. The van der Waals surface area contributed by atoms with E-state index in [0.29, 0.717) is 11.3 Å². The van der Waals surface area contributed by atoms with E-state index >= 15 is 0 Å². The molecular weight excluding hydrogens is 358 g/mol. The van der Waals surface area contributed by atoms with E-state index in [4.69, 9.17) is 0 Å². The van der Waals surface area contributed by atoms with Gasteiger partial charge in [0.1, 0.15) is 17.5 Å². The van der Waals surface area contributed by atoms with Crippen LogP contribution < -0.4 is 10.6 Å². The summed E-state index contributed by atoms with van der Waals surface area (Å²) in [6.07, 6.45) is 0. The van der Waals surface area contributed by atoms with Crippen molar-refractivity contribution in [2.45, 2.75) is 13.0 Å². The molecule has 0 bridgehead atoms. The molecule has 0 spiro atoms. The highest BCUT2D eigenvalue weighted by Crippen LogP contribution is 2.27. The van der Waals surface area contributed by atoms with Gasteiger partial charge in [0.25, 0.3) is 0 Å². The third-order valence-electron chi connectivity index (χ3n) is 4.43. The lowest BCUT2D eigenvalue weighted by Gasteiger charge is -2.17. The Bertz CT molecular complexity index is 1120. The number of halogens is 2.